The van der Waals surface area contributed by atoms with Crippen LogP contribution in [-0.2, 0) is 0 Å². The van der Waals surface area contributed by atoms with Gasteiger partial charge in [0.1, 0.15) is 0 Å². The van der Waals surface area contributed by atoms with Crippen LogP contribution >= 0.6 is 15.9 Å². The Balaban J connectivity index is 2.14. The van der Waals surface area contributed by atoms with Crippen molar-refractivity contribution in [1.82, 2.24) is 10.2 Å². The fourth-order valence-corrected chi connectivity index (χ4v) is 2.42. The SMILES string of the molecule is CN(C(=O)c1cccc(Br)c1)[C@H]1CNC[C@@H]1O. The molecule has 1 saturated heterocycles. The van der Waals surface area contributed by atoms with E-state index < -0.39 is 6.10 Å². The maximum atomic E-state index is 12.2. The molecular weight excluding hydrogens is 284 g/mol. The first-order valence-electron chi connectivity index (χ1n) is 5.51. The minimum absolute atomic E-state index is 0.0703. The van der Waals surface area contributed by atoms with Gasteiger partial charge in [-0.15, -0.1) is 0 Å². The molecule has 0 bridgehead atoms. The summed E-state index contributed by atoms with van der Waals surface area (Å²) < 4.78 is 0.877. The van der Waals surface area contributed by atoms with Crippen LogP contribution in [0.25, 0.3) is 0 Å². The molecule has 1 aromatic rings. The molecule has 1 aliphatic heterocycles. The van der Waals surface area contributed by atoms with Gasteiger partial charge in [0.25, 0.3) is 5.91 Å². The number of aliphatic hydroxyl groups excluding tert-OH is 1. The lowest BCUT2D eigenvalue weighted by Crippen LogP contribution is -2.44. The Labute approximate surface area is 109 Å². The second kappa shape index (κ2) is 5.16. The van der Waals surface area contributed by atoms with Crippen LogP contribution in [0, 0.1) is 0 Å². The van der Waals surface area contributed by atoms with Gasteiger partial charge in [0, 0.05) is 30.2 Å². The molecule has 2 rings (SSSR count). The first kappa shape index (κ1) is 12.5. The number of aliphatic hydroxyl groups is 1. The Morgan fingerprint density at radius 1 is 1.53 bits per heavy atom. The predicted molar refractivity (Wildman–Crippen MR) is 68.9 cm³/mol. The minimum Gasteiger partial charge on any atom is -0.390 e. The fourth-order valence-electron chi connectivity index (χ4n) is 2.02. The minimum atomic E-state index is -0.490. The Bertz CT molecular complexity index is 425. The molecule has 92 valence electrons. The maximum absolute atomic E-state index is 12.2. The topological polar surface area (TPSA) is 52.6 Å². The van der Waals surface area contributed by atoms with Crippen molar-refractivity contribution in [1.29, 1.82) is 0 Å². The van der Waals surface area contributed by atoms with E-state index in [-0.39, 0.29) is 11.9 Å². The van der Waals surface area contributed by atoms with E-state index in [1.807, 2.05) is 12.1 Å². The number of benzene rings is 1. The summed E-state index contributed by atoms with van der Waals surface area (Å²) in [5.74, 6) is -0.0703. The average molecular weight is 299 g/mol. The predicted octanol–water partition coefficient (Wildman–Crippen LogP) is 0.854. The molecule has 1 fully saturated rings. The van der Waals surface area contributed by atoms with Gasteiger partial charge in [-0.05, 0) is 18.2 Å². The van der Waals surface area contributed by atoms with Gasteiger partial charge >= 0.3 is 0 Å². The molecule has 5 heteroatoms. The lowest BCUT2D eigenvalue weighted by molar-refractivity contribution is 0.0581. The van der Waals surface area contributed by atoms with Gasteiger partial charge in [-0.25, -0.2) is 0 Å². The standard InChI is InChI=1S/C12H15BrN2O2/c1-15(10-6-14-7-11(10)16)12(17)8-3-2-4-9(13)5-8/h2-5,10-11,14,16H,6-7H2,1H3/t10-,11-/m0/s1. The van der Waals surface area contributed by atoms with E-state index in [9.17, 15) is 9.90 Å². The quantitative estimate of drug-likeness (QED) is 0.851. The molecule has 0 spiro atoms. The van der Waals surface area contributed by atoms with Crippen molar-refractivity contribution in [2.75, 3.05) is 20.1 Å². The molecule has 0 saturated carbocycles. The van der Waals surface area contributed by atoms with Crippen LogP contribution in [0.5, 0.6) is 0 Å². The summed E-state index contributed by atoms with van der Waals surface area (Å²) in [6.45, 7) is 1.18. The van der Waals surface area contributed by atoms with Crippen molar-refractivity contribution in [3.05, 3.63) is 34.3 Å². The van der Waals surface area contributed by atoms with Gasteiger partial charge in [0.15, 0.2) is 0 Å². The summed E-state index contributed by atoms with van der Waals surface area (Å²) in [7, 11) is 1.73. The molecule has 2 atom stereocenters. The summed E-state index contributed by atoms with van der Waals surface area (Å²) in [4.78, 5) is 13.8. The van der Waals surface area contributed by atoms with Crippen LogP contribution < -0.4 is 5.32 Å². The third-order valence-electron chi connectivity index (χ3n) is 3.04. The van der Waals surface area contributed by atoms with Gasteiger partial charge in [0.2, 0.25) is 0 Å². The number of rotatable bonds is 2. The van der Waals surface area contributed by atoms with Crippen molar-refractivity contribution in [2.24, 2.45) is 0 Å². The van der Waals surface area contributed by atoms with Crippen LogP contribution in [0.3, 0.4) is 0 Å². The smallest absolute Gasteiger partial charge is 0.254 e. The Morgan fingerprint density at radius 3 is 2.88 bits per heavy atom. The second-order valence-electron chi connectivity index (χ2n) is 4.22. The van der Waals surface area contributed by atoms with E-state index >= 15 is 0 Å². The third kappa shape index (κ3) is 2.68. The van der Waals surface area contributed by atoms with Crippen LogP contribution in [0.4, 0.5) is 0 Å². The zero-order valence-electron chi connectivity index (χ0n) is 9.56. The molecule has 1 aromatic carbocycles. The van der Waals surface area contributed by atoms with Gasteiger partial charge in [-0.3, -0.25) is 4.79 Å². The molecule has 2 N–H and O–H groups in total. The van der Waals surface area contributed by atoms with Crippen LogP contribution in [0.15, 0.2) is 28.7 Å². The number of nitrogens with zero attached hydrogens (tertiary/aromatic N) is 1. The van der Waals surface area contributed by atoms with Crippen molar-refractivity contribution in [3.63, 3.8) is 0 Å². The molecule has 4 nitrogen and oxygen atoms in total. The molecule has 1 amide bonds. The summed E-state index contributed by atoms with van der Waals surface area (Å²) in [6.07, 6.45) is -0.490. The molecule has 0 aromatic heterocycles. The normalized spacial score (nSPS) is 23.7. The van der Waals surface area contributed by atoms with Gasteiger partial charge in [0.05, 0.1) is 12.1 Å². The second-order valence-corrected chi connectivity index (χ2v) is 5.14. The van der Waals surface area contributed by atoms with Gasteiger partial charge in [-0.1, -0.05) is 22.0 Å². The lowest BCUT2D eigenvalue weighted by atomic mass is 10.1. The molecule has 1 heterocycles. The summed E-state index contributed by atoms with van der Waals surface area (Å²) in [6, 6.07) is 7.12. The molecule has 0 radical (unpaired) electrons. The number of hydrogen-bond donors (Lipinski definition) is 2. The third-order valence-corrected chi connectivity index (χ3v) is 3.53. The number of amides is 1. The van der Waals surface area contributed by atoms with E-state index in [0.717, 1.165) is 4.47 Å². The van der Waals surface area contributed by atoms with Crippen molar-refractivity contribution in [3.8, 4) is 0 Å². The highest BCUT2D eigenvalue weighted by molar-refractivity contribution is 9.10. The average Bonchev–Trinajstić information content (AvgIpc) is 2.73. The molecular formula is C12H15BrN2O2. The number of β-amino-alcohol motifs (C(OH)–C–C–N with tert-alkyl or cyclic N) is 1. The number of carbonyl (C=O) groups is 1. The van der Waals surface area contributed by atoms with Crippen molar-refractivity contribution < 1.29 is 9.90 Å². The van der Waals surface area contributed by atoms with Gasteiger partial charge < -0.3 is 15.3 Å². The molecule has 17 heavy (non-hydrogen) atoms. The largest absolute Gasteiger partial charge is 0.390 e. The molecule has 1 aliphatic rings. The first-order valence-corrected chi connectivity index (χ1v) is 6.30. The van der Waals surface area contributed by atoms with Crippen molar-refractivity contribution >= 4 is 21.8 Å². The van der Waals surface area contributed by atoms with Crippen molar-refractivity contribution in [2.45, 2.75) is 12.1 Å². The fraction of sp³-hybridized carbons (Fsp3) is 0.417. The van der Waals surface area contributed by atoms with E-state index in [1.165, 1.54) is 0 Å². The summed E-state index contributed by atoms with van der Waals surface area (Å²) in [5.41, 5.74) is 0.626. The van der Waals surface area contributed by atoms with Crippen LogP contribution in [0.2, 0.25) is 0 Å². The number of halogens is 1. The van der Waals surface area contributed by atoms with Crippen LogP contribution in [0.1, 0.15) is 10.4 Å². The zero-order chi connectivity index (χ0) is 12.4. The monoisotopic (exact) mass is 298 g/mol. The number of likely N-dealkylation sites (N-methyl/N-ethyl adjacent to an activating group) is 1. The Kier molecular flexibility index (Phi) is 3.81. The zero-order valence-corrected chi connectivity index (χ0v) is 11.1. The Morgan fingerprint density at radius 2 is 2.29 bits per heavy atom. The van der Waals surface area contributed by atoms with E-state index in [1.54, 1.807) is 24.1 Å². The highest BCUT2D eigenvalue weighted by Crippen LogP contribution is 2.16. The van der Waals surface area contributed by atoms with E-state index in [0.29, 0.717) is 18.7 Å². The Hall–Kier alpha value is -0.910. The highest BCUT2D eigenvalue weighted by atomic mass is 79.9. The number of carbonyl (C=O) groups excluding carboxylic acids is 1. The van der Waals surface area contributed by atoms with Gasteiger partial charge in [-0.2, -0.15) is 0 Å². The lowest BCUT2D eigenvalue weighted by Gasteiger charge is -2.26. The maximum Gasteiger partial charge on any atom is 0.254 e. The summed E-state index contributed by atoms with van der Waals surface area (Å²) in [5, 5.41) is 12.8. The molecule has 0 aliphatic carbocycles. The summed E-state index contributed by atoms with van der Waals surface area (Å²) >= 11 is 3.34. The van der Waals surface area contributed by atoms with E-state index in [2.05, 4.69) is 21.2 Å². The first-order chi connectivity index (χ1) is 8.09. The van der Waals surface area contributed by atoms with Crippen LogP contribution in [-0.4, -0.2) is 48.2 Å². The highest BCUT2D eigenvalue weighted by Gasteiger charge is 2.31. The van der Waals surface area contributed by atoms with E-state index in [4.69, 9.17) is 0 Å². The number of nitrogens with one attached hydrogen (secondary N) is 1. The molecule has 0 unspecified atom stereocenters. The number of hydrogen-bond acceptors (Lipinski definition) is 3.